The molecule has 8 heteroatoms. The largest absolute Gasteiger partial charge is 2.00 e. The van der Waals surface area contributed by atoms with Crippen molar-refractivity contribution in [3.63, 3.8) is 0 Å². The second-order valence-corrected chi connectivity index (χ2v) is 11.7. The van der Waals surface area contributed by atoms with Gasteiger partial charge < -0.3 is 35.1 Å². The molecule has 43 heavy (non-hydrogen) atoms. The molecule has 0 amide bonds. The second-order valence-electron chi connectivity index (χ2n) is 11.7. The minimum atomic E-state index is -0.954. The Balaban J connectivity index is -0.000000292. The van der Waals surface area contributed by atoms with Gasteiger partial charge in [0, 0.05) is 11.9 Å². The minimum absolute atomic E-state index is 0. The van der Waals surface area contributed by atoms with Crippen LogP contribution in [0.3, 0.4) is 0 Å². The third-order valence-electron chi connectivity index (χ3n) is 7.39. The van der Waals surface area contributed by atoms with Crippen molar-refractivity contribution in [3.05, 3.63) is 0 Å². The van der Waals surface area contributed by atoms with Gasteiger partial charge in [-0.1, -0.05) is 168 Å². The van der Waals surface area contributed by atoms with Crippen LogP contribution in [0.5, 0.6) is 0 Å². The van der Waals surface area contributed by atoms with E-state index in [-0.39, 0.29) is 45.5 Å². The van der Waals surface area contributed by atoms with Crippen LogP contribution in [0.4, 0.5) is 0 Å². The fourth-order valence-electron chi connectivity index (χ4n) is 4.63. The second kappa shape index (κ2) is 45.9. The summed E-state index contributed by atoms with van der Waals surface area (Å²) in [5.41, 5.74) is 0. The SMILES string of the molecule is CCCCCCCCCCCCCCCC(=O)[O-].CCCCCCCCCCCCCCCC(=O)[O-].OCC(O)CO.[Zn+2]. The van der Waals surface area contributed by atoms with Gasteiger partial charge in [0.05, 0.1) is 13.2 Å². The number of hydrogen-bond acceptors (Lipinski definition) is 7. The number of aliphatic carboxylic acids is 2. The number of carboxylic acids is 2. The zero-order valence-electron chi connectivity index (χ0n) is 28.5. The van der Waals surface area contributed by atoms with Crippen LogP contribution >= 0.6 is 0 Å². The molecule has 0 bridgehead atoms. The van der Waals surface area contributed by atoms with E-state index in [1.807, 2.05) is 0 Å². The first kappa shape index (κ1) is 49.3. The van der Waals surface area contributed by atoms with Crippen molar-refractivity contribution in [2.45, 2.75) is 200 Å². The number of carbonyl (C=O) groups is 2. The number of aliphatic hydroxyl groups excluding tert-OH is 3. The first-order valence-electron chi connectivity index (χ1n) is 17.6. The molecule has 0 aromatic heterocycles. The van der Waals surface area contributed by atoms with Gasteiger partial charge in [0.1, 0.15) is 6.10 Å². The molecule has 0 aliphatic rings. The zero-order valence-corrected chi connectivity index (χ0v) is 31.4. The number of carboxylic acid groups (broad SMARTS) is 2. The summed E-state index contributed by atoms with van der Waals surface area (Å²) in [5, 5.41) is 44.4. The summed E-state index contributed by atoms with van der Waals surface area (Å²) < 4.78 is 0. The number of aliphatic hydroxyl groups is 3. The van der Waals surface area contributed by atoms with E-state index in [0.29, 0.717) is 0 Å². The topological polar surface area (TPSA) is 141 Å². The van der Waals surface area contributed by atoms with Crippen LogP contribution in [0.25, 0.3) is 0 Å². The van der Waals surface area contributed by atoms with Gasteiger partial charge in [-0.25, -0.2) is 0 Å². The Kier molecular flexibility index (Phi) is 52.6. The van der Waals surface area contributed by atoms with Crippen LogP contribution in [0.2, 0.25) is 0 Å². The van der Waals surface area contributed by atoms with Crippen molar-refractivity contribution < 1.29 is 54.6 Å². The Morgan fingerprint density at radius 1 is 0.442 bits per heavy atom. The van der Waals surface area contributed by atoms with Gasteiger partial charge in [-0.05, 0) is 25.7 Å². The van der Waals surface area contributed by atoms with Crippen molar-refractivity contribution in [1.82, 2.24) is 0 Å². The van der Waals surface area contributed by atoms with E-state index in [9.17, 15) is 19.8 Å². The predicted molar refractivity (Wildman–Crippen MR) is 171 cm³/mol. The Hall–Kier alpha value is -0.557. The van der Waals surface area contributed by atoms with Crippen LogP contribution in [0.1, 0.15) is 194 Å². The van der Waals surface area contributed by atoms with E-state index in [2.05, 4.69) is 13.8 Å². The number of rotatable bonds is 30. The van der Waals surface area contributed by atoms with Gasteiger partial charge in [0.25, 0.3) is 0 Å². The molecule has 0 aliphatic heterocycles. The zero-order chi connectivity index (χ0) is 31.9. The van der Waals surface area contributed by atoms with Crippen molar-refractivity contribution in [2.75, 3.05) is 13.2 Å². The fraction of sp³-hybridized carbons (Fsp3) is 0.943. The Bertz CT molecular complexity index is 476. The molecule has 0 aromatic carbocycles. The van der Waals surface area contributed by atoms with E-state index in [0.717, 1.165) is 25.7 Å². The fourth-order valence-corrected chi connectivity index (χ4v) is 4.63. The molecule has 0 aromatic rings. The number of carbonyl (C=O) groups excluding carboxylic acids is 2. The Morgan fingerprint density at radius 2 is 0.628 bits per heavy atom. The first-order chi connectivity index (χ1) is 20.3. The summed E-state index contributed by atoms with van der Waals surface area (Å²) in [6.45, 7) is 3.78. The average Bonchev–Trinajstić information content (AvgIpc) is 2.97. The van der Waals surface area contributed by atoms with Crippen LogP contribution in [-0.2, 0) is 29.1 Å². The van der Waals surface area contributed by atoms with E-state index in [1.165, 1.54) is 141 Å². The molecule has 254 valence electrons. The summed E-state index contributed by atoms with van der Waals surface area (Å²) in [5.74, 6) is -1.81. The van der Waals surface area contributed by atoms with Crippen molar-refractivity contribution in [3.8, 4) is 0 Å². The third-order valence-corrected chi connectivity index (χ3v) is 7.39. The maximum atomic E-state index is 10.2. The predicted octanol–water partition coefficient (Wildman–Crippen LogP) is 6.76. The Morgan fingerprint density at radius 3 is 0.767 bits per heavy atom. The molecule has 0 heterocycles. The van der Waals surface area contributed by atoms with E-state index in [1.54, 1.807) is 0 Å². The number of hydrogen-bond donors (Lipinski definition) is 3. The molecule has 0 unspecified atom stereocenters. The number of unbranched alkanes of at least 4 members (excludes halogenated alkanes) is 24. The molecular weight excluding hydrogens is 598 g/mol. The molecule has 7 nitrogen and oxygen atoms in total. The average molecular weight is 668 g/mol. The van der Waals surface area contributed by atoms with Crippen LogP contribution < -0.4 is 10.2 Å². The van der Waals surface area contributed by atoms with Crippen molar-refractivity contribution >= 4 is 11.9 Å². The van der Waals surface area contributed by atoms with Crippen molar-refractivity contribution in [1.29, 1.82) is 0 Å². The maximum Gasteiger partial charge on any atom is 2.00 e. The van der Waals surface area contributed by atoms with Crippen LogP contribution in [0, 0.1) is 0 Å². The molecule has 0 aliphatic carbocycles. The molecule has 3 N–H and O–H groups in total. The summed E-state index contributed by atoms with van der Waals surface area (Å²) in [6, 6.07) is 0. The van der Waals surface area contributed by atoms with E-state index in [4.69, 9.17) is 15.3 Å². The molecule has 0 saturated heterocycles. The molecular formula is C35H70O7Zn. The monoisotopic (exact) mass is 666 g/mol. The summed E-state index contributed by atoms with van der Waals surface area (Å²) in [7, 11) is 0. The maximum absolute atomic E-state index is 10.2. The standard InChI is InChI=1S/2C16H32O2.C3H8O3.Zn/c2*1-2-3-4-5-6-7-8-9-10-11-12-13-14-15-16(17)18;4-1-3(6)2-5;/h2*2-15H2,1H3,(H,17,18);3-6H,1-2H2;/q;;;+2/p-2. The van der Waals surface area contributed by atoms with Crippen molar-refractivity contribution in [2.24, 2.45) is 0 Å². The van der Waals surface area contributed by atoms with Gasteiger partial charge >= 0.3 is 19.5 Å². The molecule has 0 radical (unpaired) electrons. The molecule has 0 atom stereocenters. The first-order valence-corrected chi connectivity index (χ1v) is 17.6. The summed E-state index contributed by atoms with van der Waals surface area (Å²) >= 11 is 0. The molecule has 0 fully saturated rings. The van der Waals surface area contributed by atoms with Crippen LogP contribution in [0.15, 0.2) is 0 Å². The summed E-state index contributed by atoms with van der Waals surface area (Å²) in [4.78, 5) is 20.4. The van der Waals surface area contributed by atoms with E-state index < -0.39 is 18.0 Å². The molecule has 0 rings (SSSR count). The minimum Gasteiger partial charge on any atom is -0.550 e. The normalized spacial score (nSPS) is 10.4. The van der Waals surface area contributed by atoms with E-state index >= 15 is 0 Å². The smallest absolute Gasteiger partial charge is 0.550 e. The Labute approximate surface area is 278 Å². The quantitative estimate of drug-likeness (QED) is 0.0567. The van der Waals surface area contributed by atoms with Gasteiger partial charge in [0.2, 0.25) is 0 Å². The summed E-state index contributed by atoms with van der Waals surface area (Å²) in [6.07, 6.45) is 32.9. The third kappa shape index (κ3) is 57.6. The van der Waals surface area contributed by atoms with Crippen LogP contribution in [-0.4, -0.2) is 46.6 Å². The van der Waals surface area contributed by atoms with Gasteiger partial charge in [-0.3, -0.25) is 0 Å². The molecule has 0 saturated carbocycles. The van der Waals surface area contributed by atoms with Gasteiger partial charge in [-0.2, -0.15) is 0 Å². The molecule has 0 spiro atoms. The van der Waals surface area contributed by atoms with Gasteiger partial charge in [0.15, 0.2) is 0 Å². The van der Waals surface area contributed by atoms with Gasteiger partial charge in [-0.15, -0.1) is 0 Å².